The third-order valence-corrected chi connectivity index (χ3v) is 2.94. The number of methoxy groups -OCH3 is 1. The van der Waals surface area contributed by atoms with Crippen molar-refractivity contribution in [3.8, 4) is 23.3 Å². The van der Waals surface area contributed by atoms with E-state index in [0.29, 0.717) is 11.3 Å². The molecule has 0 N–H and O–H groups in total. The zero-order valence-corrected chi connectivity index (χ0v) is 11.6. The van der Waals surface area contributed by atoms with E-state index in [4.69, 9.17) is 26.3 Å². The minimum Gasteiger partial charge on any atom is -0.497 e. The molecule has 0 heterocycles. The average molecular weight is 305 g/mol. The molecule has 2 aromatic carbocycles. The van der Waals surface area contributed by atoms with Crippen LogP contribution in [0.3, 0.4) is 0 Å². The molecule has 0 aliphatic carbocycles. The molecule has 2 aromatic rings. The van der Waals surface area contributed by atoms with Crippen LogP contribution < -0.4 is 9.47 Å². The molecule has 21 heavy (non-hydrogen) atoms. The minimum absolute atomic E-state index is 0.00552. The smallest absolute Gasteiger partial charge is 0.311 e. The van der Waals surface area contributed by atoms with E-state index in [-0.39, 0.29) is 22.2 Å². The van der Waals surface area contributed by atoms with Crippen molar-refractivity contribution < 1.29 is 14.4 Å². The van der Waals surface area contributed by atoms with Crippen molar-refractivity contribution in [2.45, 2.75) is 0 Å². The first-order valence-corrected chi connectivity index (χ1v) is 6.13. The molecule has 0 aromatic heterocycles. The number of halogens is 1. The maximum Gasteiger partial charge on any atom is 0.311 e. The predicted octanol–water partition coefficient (Wildman–Crippen LogP) is 3.92. The summed E-state index contributed by atoms with van der Waals surface area (Å²) in [6.45, 7) is 0. The Morgan fingerprint density at radius 1 is 1.24 bits per heavy atom. The first-order valence-electron chi connectivity index (χ1n) is 5.75. The molecule has 0 aliphatic rings. The van der Waals surface area contributed by atoms with Gasteiger partial charge in [0.25, 0.3) is 0 Å². The third-order valence-electron chi connectivity index (χ3n) is 2.64. The Morgan fingerprint density at radius 2 is 2.00 bits per heavy atom. The molecular weight excluding hydrogens is 296 g/mol. The number of nitro benzene ring substituents is 1. The number of ether oxygens (including phenoxy) is 2. The Bertz CT molecular complexity index is 740. The third kappa shape index (κ3) is 3.22. The van der Waals surface area contributed by atoms with Crippen LogP contribution in [0.15, 0.2) is 36.4 Å². The fourth-order valence-electron chi connectivity index (χ4n) is 1.63. The van der Waals surface area contributed by atoms with E-state index < -0.39 is 4.92 Å². The van der Waals surface area contributed by atoms with Crippen molar-refractivity contribution >= 4 is 17.3 Å². The Balaban J connectivity index is 2.43. The van der Waals surface area contributed by atoms with Gasteiger partial charge in [-0.15, -0.1) is 0 Å². The molecule has 0 spiro atoms. The molecule has 7 heteroatoms. The van der Waals surface area contributed by atoms with Crippen LogP contribution in [-0.4, -0.2) is 12.0 Å². The highest BCUT2D eigenvalue weighted by molar-refractivity contribution is 6.32. The molecule has 2 rings (SSSR count). The molecule has 0 radical (unpaired) electrons. The first-order chi connectivity index (χ1) is 10.0. The normalized spacial score (nSPS) is 9.76. The summed E-state index contributed by atoms with van der Waals surface area (Å²) in [6, 6.07) is 10.5. The van der Waals surface area contributed by atoms with Crippen LogP contribution in [0, 0.1) is 21.4 Å². The lowest BCUT2D eigenvalue weighted by molar-refractivity contribution is -0.385. The number of nitro groups is 1. The Morgan fingerprint density at radius 3 is 2.57 bits per heavy atom. The van der Waals surface area contributed by atoms with Crippen molar-refractivity contribution in [3.05, 3.63) is 57.1 Å². The van der Waals surface area contributed by atoms with Gasteiger partial charge >= 0.3 is 5.69 Å². The van der Waals surface area contributed by atoms with Gasteiger partial charge in [-0.2, -0.15) is 5.26 Å². The van der Waals surface area contributed by atoms with Crippen molar-refractivity contribution in [1.82, 2.24) is 0 Å². The molecule has 0 saturated heterocycles. The molecule has 0 amide bonds. The topological polar surface area (TPSA) is 85.4 Å². The van der Waals surface area contributed by atoms with Gasteiger partial charge in [-0.25, -0.2) is 0 Å². The molecule has 0 fully saturated rings. The van der Waals surface area contributed by atoms with E-state index in [9.17, 15) is 10.1 Å². The SMILES string of the molecule is COc1ccc([N+](=O)[O-])c(Oc2ccc(C#N)cc2Cl)c1. The molecule has 0 atom stereocenters. The largest absolute Gasteiger partial charge is 0.497 e. The summed E-state index contributed by atoms with van der Waals surface area (Å²) in [5.41, 5.74) is 0.156. The molecule has 0 unspecified atom stereocenters. The standard InChI is InChI=1S/C14H9ClN2O4/c1-20-10-3-4-12(17(18)19)14(7-10)21-13-5-2-9(8-16)6-11(13)15/h2-7H,1H3. The fraction of sp³-hybridized carbons (Fsp3) is 0.0714. The number of hydrogen-bond donors (Lipinski definition) is 0. The summed E-state index contributed by atoms with van der Waals surface area (Å²) in [5.74, 6) is 0.637. The highest BCUT2D eigenvalue weighted by atomic mass is 35.5. The number of nitriles is 1. The van der Waals surface area contributed by atoms with E-state index in [1.807, 2.05) is 6.07 Å². The van der Waals surface area contributed by atoms with Crippen LogP contribution >= 0.6 is 11.6 Å². The zero-order valence-electron chi connectivity index (χ0n) is 10.9. The van der Waals surface area contributed by atoms with Gasteiger partial charge in [0.05, 0.1) is 28.7 Å². The van der Waals surface area contributed by atoms with Crippen molar-refractivity contribution in [2.75, 3.05) is 7.11 Å². The van der Waals surface area contributed by atoms with Crippen LogP contribution in [0.1, 0.15) is 5.56 Å². The molecule has 0 aliphatic heterocycles. The first kappa shape index (κ1) is 14.6. The fourth-order valence-corrected chi connectivity index (χ4v) is 1.84. The van der Waals surface area contributed by atoms with Crippen LogP contribution in [-0.2, 0) is 0 Å². The van der Waals surface area contributed by atoms with Gasteiger partial charge in [0.15, 0.2) is 0 Å². The second-order valence-electron chi connectivity index (χ2n) is 3.95. The van der Waals surface area contributed by atoms with E-state index in [1.165, 1.54) is 43.5 Å². The number of nitrogens with zero attached hydrogens (tertiary/aromatic N) is 2. The molecule has 0 bridgehead atoms. The summed E-state index contributed by atoms with van der Waals surface area (Å²) in [5, 5.41) is 20.0. The molecule has 6 nitrogen and oxygen atoms in total. The summed E-state index contributed by atoms with van der Waals surface area (Å²) < 4.78 is 10.5. The Kier molecular flexibility index (Phi) is 4.26. The van der Waals surface area contributed by atoms with Gasteiger partial charge in [-0.3, -0.25) is 10.1 Å². The van der Waals surface area contributed by atoms with Gasteiger partial charge in [0.1, 0.15) is 11.5 Å². The van der Waals surface area contributed by atoms with E-state index in [0.717, 1.165) is 0 Å². The lowest BCUT2D eigenvalue weighted by atomic mass is 10.2. The van der Waals surface area contributed by atoms with Crippen molar-refractivity contribution in [2.24, 2.45) is 0 Å². The van der Waals surface area contributed by atoms with E-state index in [1.54, 1.807) is 0 Å². The summed E-state index contributed by atoms with van der Waals surface area (Å²) in [7, 11) is 1.44. The van der Waals surface area contributed by atoms with Gasteiger partial charge in [-0.1, -0.05) is 11.6 Å². The van der Waals surface area contributed by atoms with Crippen LogP contribution in [0.4, 0.5) is 5.69 Å². The summed E-state index contributed by atoms with van der Waals surface area (Å²) in [4.78, 5) is 10.4. The maximum absolute atomic E-state index is 11.0. The Labute approximate surface area is 125 Å². The second-order valence-corrected chi connectivity index (χ2v) is 4.36. The van der Waals surface area contributed by atoms with Crippen molar-refractivity contribution in [3.63, 3.8) is 0 Å². The zero-order chi connectivity index (χ0) is 15.4. The van der Waals surface area contributed by atoms with Crippen LogP contribution in [0.25, 0.3) is 0 Å². The number of rotatable bonds is 4. The van der Waals surface area contributed by atoms with Crippen molar-refractivity contribution in [1.29, 1.82) is 5.26 Å². The van der Waals surface area contributed by atoms with Gasteiger partial charge in [0.2, 0.25) is 5.75 Å². The molecular formula is C14H9ClN2O4. The maximum atomic E-state index is 11.0. The lowest BCUT2D eigenvalue weighted by Gasteiger charge is -2.09. The predicted molar refractivity (Wildman–Crippen MR) is 75.9 cm³/mol. The minimum atomic E-state index is -0.563. The van der Waals surface area contributed by atoms with E-state index >= 15 is 0 Å². The second kappa shape index (κ2) is 6.11. The Hall–Kier alpha value is -2.78. The summed E-state index contributed by atoms with van der Waals surface area (Å²) >= 11 is 5.99. The van der Waals surface area contributed by atoms with Gasteiger partial charge in [0, 0.05) is 12.1 Å². The lowest BCUT2D eigenvalue weighted by Crippen LogP contribution is -1.95. The highest BCUT2D eigenvalue weighted by Gasteiger charge is 2.18. The van der Waals surface area contributed by atoms with Gasteiger partial charge in [-0.05, 0) is 24.3 Å². The monoisotopic (exact) mass is 304 g/mol. The molecule has 106 valence electrons. The van der Waals surface area contributed by atoms with Gasteiger partial charge < -0.3 is 9.47 Å². The van der Waals surface area contributed by atoms with E-state index in [2.05, 4.69) is 0 Å². The molecule has 0 saturated carbocycles. The van der Waals surface area contributed by atoms with Crippen LogP contribution in [0.2, 0.25) is 5.02 Å². The number of hydrogen-bond acceptors (Lipinski definition) is 5. The quantitative estimate of drug-likeness (QED) is 0.631. The average Bonchev–Trinajstić information content (AvgIpc) is 2.48. The summed E-state index contributed by atoms with van der Waals surface area (Å²) in [6.07, 6.45) is 0. The van der Waals surface area contributed by atoms with Crippen LogP contribution in [0.5, 0.6) is 17.2 Å². The highest BCUT2D eigenvalue weighted by Crippen LogP contribution is 2.37. The number of benzene rings is 2.